The van der Waals surface area contributed by atoms with Crippen molar-refractivity contribution in [2.45, 2.75) is 25.9 Å². The Bertz CT molecular complexity index is 578. The second-order valence-corrected chi connectivity index (χ2v) is 6.28. The lowest BCUT2D eigenvalue weighted by atomic mass is 9.79. The zero-order valence-corrected chi connectivity index (χ0v) is 11.3. The molecule has 0 spiro atoms. The molecule has 104 valence electrons. The van der Waals surface area contributed by atoms with Crippen LogP contribution in [0.1, 0.15) is 18.4 Å². The average molecular weight is 271 g/mol. The number of benzene rings is 1. The summed E-state index contributed by atoms with van der Waals surface area (Å²) in [5.74, 6) is -0.00220. The normalized spacial score (nSPS) is 37.0. The fourth-order valence-electron chi connectivity index (χ4n) is 4.23. The first kappa shape index (κ1) is 11.9. The predicted octanol–water partition coefficient (Wildman–Crippen LogP) is 2.13. The Morgan fingerprint density at radius 3 is 2.75 bits per heavy atom. The Kier molecular flexibility index (Phi) is 2.43. The molecule has 4 nitrogen and oxygen atoms in total. The quantitative estimate of drug-likeness (QED) is 0.838. The number of amides is 1. The fourth-order valence-corrected chi connectivity index (χ4v) is 4.23. The molecule has 0 aromatic heterocycles. The van der Waals surface area contributed by atoms with Crippen LogP contribution in [0, 0.1) is 30.6 Å². The number of hydrogen-bond acceptors (Lipinski definition) is 3. The van der Waals surface area contributed by atoms with Gasteiger partial charge in [-0.25, -0.2) is 0 Å². The molecular weight excluding hydrogens is 254 g/mol. The van der Waals surface area contributed by atoms with E-state index in [2.05, 4.69) is 5.32 Å². The van der Waals surface area contributed by atoms with E-state index < -0.39 is 0 Å². The van der Waals surface area contributed by atoms with Gasteiger partial charge in [0, 0.05) is 11.6 Å². The van der Waals surface area contributed by atoms with Crippen LogP contribution < -0.4 is 5.32 Å². The minimum Gasteiger partial charge on any atom is -0.462 e. The van der Waals surface area contributed by atoms with E-state index in [0.717, 1.165) is 24.1 Å². The third-order valence-electron chi connectivity index (χ3n) is 5.11. The molecule has 1 aromatic rings. The molecule has 4 heteroatoms. The van der Waals surface area contributed by atoms with Crippen LogP contribution in [0.15, 0.2) is 24.3 Å². The van der Waals surface area contributed by atoms with E-state index in [9.17, 15) is 9.59 Å². The molecule has 1 heterocycles. The van der Waals surface area contributed by atoms with Gasteiger partial charge < -0.3 is 10.1 Å². The second-order valence-electron chi connectivity index (χ2n) is 6.28. The monoisotopic (exact) mass is 271 g/mol. The van der Waals surface area contributed by atoms with E-state index >= 15 is 0 Å². The van der Waals surface area contributed by atoms with Gasteiger partial charge in [-0.1, -0.05) is 17.7 Å². The van der Waals surface area contributed by atoms with E-state index in [4.69, 9.17) is 4.74 Å². The maximum absolute atomic E-state index is 12.5. The first-order valence-corrected chi connectivity index (χ1v) is 7.21. The molecule has 1 N–H and O–H groups in total. The first-order valence-electron chi connectivity index (χ1n) is 7.21. The summed E-state index contributed by atoms with van der Waals surface area (Å²) in [5.41, 5.74) is 1.96. The van der Waals surface area contributed by atoms with Crippen molar-refractivity contribution < 1.29 is 14.3 Å². The molecule has 1 aromatic carbocycles. The van der Waals surface area contributed by atoms with Crippen molar-refractivity contribution in [3.8, 4) is 0 Å². The Labute approximate surface area is 117 Å². The van der Waals surface area contributed by atoms with Crippen LogP contribution in [-0.2, 0) is 14.3 Å². The van der Waals surface area contributed by atoms with Gasteiger partial charge in [0.1, 0.15) is 6.10 Å². The Morgan fingerprint density at radius 1 is 1.25 bits per heavy atom. The molecule has 2 aliphatic carbocycles. The molecule has 5 unspecified atom stereocenters. The predicted molar refractivity (Wildman–Crippen MR) is 72.9 cm³/mol. The first-order chi connectivity index (χ1) is 9.63. The summed E-state index contributed by atoms with van der Waals surface area (Å²) in [6, 6.07) is 7.74. The van der Waals surface area contributed by atoms with Crippen LogP contribution in [0.2, 0.25) is 0 Å². The standard InChI is InChI=1S/C16H17NO3/c1-8-2-4-10(5-3-8)17-15(18)13-9-6-11-12(7-9)20-16(19)14(11)13/h2-5,9,11-14H,6-7H2,1H3,(H,17,18). The van der Waals surface area contributed by atoms with E-state index in [0.29, 0.717) is 5.92 Å². The van der Waals surface area contributed by atoms with E-state index in [1.54, 1.807) is 0 Å². The lowest BCUT2D eigenvalue weighted by Gasteiger charge is -2.23. The number of hydrogen-bond donors (Lipinski definition) is 1. The topological polar surface area (TPSA) is 55.4 Å². The highest BCUT2D eigenvalue weighted by atomic mass is 16.6. The zero-order valence-electron chi connectivity index (χ0n) is 11.3. The number of anilines is 1. The Morgan fingerprint density at radius 2 is 2.00 bits per heavy atom. The summed E-state index contributed by atoms with van der Waals surface area (Å²) in [6.45, 7) is 2.01. The van der Waals surface area contributed by atoms with Crippen molar-refractivity contribution in [1.29, 1.82) is 0 Å². The van der Waals surface area contributed by atoms with E-state index in [1.807, 2.05) is 31.2 Å². The van der Waals surface area contributed by atoms with Gasteiger partial charge in [-0.3, -0.25) is 9.59 Å². The molecule has 1 amide bonds. The average Bonchev–Trinajstić information content (AvgIpc) is 3.02. The Hall–Kier alpha value is -1.84. The molecule has 3 fully saturated rings. The molecule has 20 heavy (non-hydrogen) atoms. The maximum Gasteiger partial charge on any atom is 0.310 e. The van der Waals surface area contributed by atoms with Gasteiger partial charge >= 0.3 is 5.97 Å². The van der Waals surface area contributed by atoms with Crippen molar-refractivity contribution in [2.75, 3.05) is 5.32 Å². The summed E-state index contributed by atoms with van der Waals surface area (Å²) < 4.78 is 5.37. The summed E-state index contributed by atoms with van der Waals surface area (Å²) >= 11 is 0. The van der Waals surface area contributed by atoms with Crippen LogP contribution in [0.25, 0.3) is 0 Å². The molecule has 3 aliphatic rings. The van der Waals surface area contributed by atoms with Gasteiger partial charge in [-0.05, 0) is 37.8 Å². The summed E-state index contributed by atoms with van der Waals surface area (Å²) in [4.78, 5) is 24.4. The van der Waals surface area contributed by atoms with Gasteiger partial charge in [-0.2, -0.15) is 0 Å². The van der Waals surface area contributed by atoms with Gasteiger partial charge in [0.25, 0.3) is 0 Å². The lowest BCUT2D eigenvalue weighted by Crippen LogP contribution is -2.35. The number of ether oxygens (including phenoxy) is 1. The highest BCUT2D eigenvalue weighted by Gasteiger charge is 2.63. The van der Waals surface area contributed by atoms with Crippen LogP contribution in [0.3, 0.4) is 0 Å². The van der Waals surface area contributed by atoms with Crippen molar-refractivity contribution in [3.63, 3.8) is 0 Å². The Balaban J connectivity index is 1.54. The van der Waals surface area contributed by atoms with Crippen LogP contribution in [0.5, 0.6) is 0 Å². The van der Waals surface area contributed by atoms with Crippen molar-refractivity contribution in [1.82, 2.24) is 0 Å². The van der Waals surface area contributed by atoms with Gasteiger partial charge in [-0.15, -0.1) is 0 Å². The van der Waals surface area contributed by atoms with Crippen LogP contribution >= 0.6 is 0 Å². The highest BCUT2D eigenvalue weighted by Crippen LogP contribution is 2.57. The molecule has 0 radical (unpaired) electrons. The van der Waals surface area contributed by atoms with E-state index in [1.165, 1.54) is 0 Å². The minimum atomic E-state index is -0.204. The summed E-state index contributed by atoms with van der Waals surface area (Å²) in [6.07, 6.45) is 1.91. The number of rotatable bonds is 2. The highest BCUT2D eigenvalue weighted by molar-refractivity contribution is 5.96. The van der Waals surface area contributed by atoms with Gasteiger partial charge in [0.2, 0.25) is 5.91 Å². The maximum atomic E-state index is 12.5. The van der Waals surface area contributed by atoms with Crippen molar-refractivity contribution in [3.05, 3.63) is 29.8 Å². The molecule has 2 saturated carbocycles. The zero-order chi connectivity index (χ0) is 13.9. The van der Waals surface area contributed by atoms with Crippen LogP contribution in [0.4, 0.5) is 5.69 Å². The molecule has 4 rings (SSSR count). The van der Waals surface area contributed by atoms with Crippen LogP contribution in [-0.4, -0.2) is 18.0 Å². The third-order valence-corrected chi connectivity index (χ3v) is 5.11. The number of nitrogens with one attached hydrogen (secondary N) is 1. The summed E-state index contributed by atoms with van der Waals surface area (Å²) in [7, 11) is 0. The van der Waals surface area contributed by atoms with Gasteiger partial charge in [0.05, 0.1) is 11.8 Å². The SMILES string of the molecule is Cc1ccc(NC(=O)C2C3CC4OC(=O)C2C4C3)cc1. The molecule has 1 saturated heterocycles. The number of carbonyl (C=O) groups is 2. The largest absolute Gasteiger partial charge is 0.462 e. The summed E-state index contributed by atoms with van der Waals surface area (Å²) in [5, 5.41) is 2.95. The smallest absolute Gasteiger partial charge is 0.310 e. The lowest BCUT2D eigenvalue weighted by molar-refractivity contribution is -0.145. The number of carbonyl (C=O) groups excluding carboxylic acids is 2. The minimum absolute atomic E-state index is 0.0244. The molecular formula is C16H17NO3. The molecule has 5 atom stereocenters. The van der Waals surface area contributed by atoms with E-state index in [-0.39, 0.29) is 35.7 Å². The van der Waals surface area contributed by atoms with Gasteiger partial charge in [0.15, 0.2) is 0 Å². The third kappa shape index (κ3) is 1.60. The van der Waals surface area contributed by atoms with Crippen molar-refractivity contribution in [2.24, 2.45) is 23.7 Å². The van der Waals surface area contributed by atoms with Crippen molar-refractivity contribution >= 4 is 17.6 Å². The fraction of sp³-hybridized carbons (Fsp3) is 0.500. The number of fused-ring (bicyclic) bond motifs is 1. The number of aryl methyl sites for hydroxylation is 1. The number of esters is 1. The molecule has 1 aliphatic heterocycles. The second kappa shape index (κ2) is 4.08. The molecule has 2 bridgehead atoms.